The number of primary sulfonamides is 1. The van der Waals surface area contributed by atoms with Crippen LogP contribution in [0, 0.1) is 6.92 Å². The second-order valence-corrected chi connectivity index (χ2v) is 9.27. The first kappa shape index (κ1) is 27.0. The summed E-state index contributed by atoms with van der Waals surface area (Å²) < 4.78 is 33.7. The molecule has 0 aliphatic carbocycles. The minimum Gasteiger partial charge on any atom is -0.494 e. The van der Waals surface area contributed by atoms with Crippen LogP contribution in [0.15, 0.2) is 47.4 Å². The summed E-state index contributed by atoms with van der Waals surface area (Å²) in [5, 5.41) is 7.59. The van der Waals surface area contributed by atoms with Crippen LogP contribution in [0.3, 0.4) is 0 Å². The third-order valence-electron chi connectivity index (χ3n) is 4.89. The van der Waals surface area contributed by atoms with Crippen LogP contribution in [0.4, 0.5) is 5.69 Å². The second kappa shape index (κ2) is 12.9. The number of esters is 1. The van der Waals surface area contributed by atoms with Crippen LogP contribution < -0.4 is 15.2 Å². The van der Waals surface area contributed by atoms with Crippen molar-refractivity contribution in [1.29, 1.82) is 0 Å². The van der Waals surface area contributed by atoms with E-state index in [-0.39, 0.29) is 29.2 Å². The van der Waals surface area contributed by atoms with Gasteiger partial charge in [0.2, 0.25) is 10.0 Å². The minimum absolute atomic E-state index is 0.0627. The number of hydrogen-bond donors (Lipinski definition) is 2. The van der Waals surface area contributed by atoms with Gasteiger partial charge >= 0.3 is 5.97 Å². The van der Waals surface area contributed by atoms with Gasteiger partial charge in [0, 0.05) is 17.7 Å². The lowest BCUT2D eigenvalue weighted by Gasteiger charge is -2.09. The van der Waals surface area contributed by atoms with Crippen molar-refractivity contribution < 1.29 is 32.3 Å². The third kappa shape index (κ3) is 8.95. The van der Waals surface area contributed by atoms with Crippen LogP contribution in [0.2, 0.25) is 0 Å². The summed E-state index contributed by atoms with van der Waals surface area (Å²) in [4.78, 5) is 36.1. The smallest absolute Gasteiger partial charge is 0.306 e. The number of amides is 1. The van der Waals surface area contributed by atoms with E-state index in [1.54, 1.807) is 31.2 Å². The van der Waals surface area contributed by atoms with Crippen molar-refractivity contribution in [1.82, 2.24) is 0 Å². The van der Waals surface area contributed by atoms with E-state index in [1.807, 2.05) is 0 Å². The molecule has 184 valence electrons. The Hall–Kier alpha value is -3.24. The van der Waals surface area contributed by atoms with Crippen LogP contribution in [0.25, 0.3) is 0 Å². The first-order chi connectivity index (χ1) is 16.1. The number of carbonyl (C=O) groups excluding carboxylic acids is 3. The lowest BCUT2D eigenvalue weighted by Crippen LogP contribution is -2.21. The molecule has 9 nitrogen and oxygen atoms in total. The van der Waals surface area contributed by atoms with Crippen molar-refractivity contribution >= 4 is 33.4 Å². The number of Topliss-reactive ketones (excluding diaryl/α,β-unsaturated/α-hetero) is 1. The minimum atomic E-state index is -3.94. The van der Waals surface area contributed by atoms with Gasteiger partial charge in [-0.1, -0.05) is 25.8 Å². The van der Waals surface area contributed by atoms with Gasteiger partial charge in [0.05, 0.1) is 17.9 Å². The molecule has 34 heavy (non-hydrogen) atoms. The van der Waals surface area contributed by atoms with Gasteiger partial charge in [0.25, 0.3) is 5.91 Å². The summed E-state index contributed by atoms with van der Waals surface area (Å²) in [6.07, 6.45) is 2.94. The molecule has 10 heteroatoms. The molecule has 0 spiro atoms. The highest BCUT2D eigenvalue weighted by atomic mass is 32.2. The highest BCUT2D eigenvalue weighted by Crippen LogP contribution is 2.19. The van der Waals surface area contributed by atoms with E-state index < -0.39 is 28.5 Å². The van der Waals surface area contributed by atoms with Crippen molar-refractivity contribution in [3.63, 3.8) is 0 Å². The maximum absolute atomic E-state index is 12.3. The average Bonchev–Trinajstić information content (AvgIpc) is 2.80. The molecule has 0 aliphatic heterocycles. The predicted octanol–water partition coefficient (Wildman–Crippen LogP) is 3.36. The number of benzene rings is 2. The summed E-state index contributed by atoms with van der Waals surface area (Å²) in [6, 6.07) is 11.0. The van der Waals surface area contributed by atoms with Crippen molar-refractivity contribution in [2.75, 3.05) is 18.5 Å². The zero-order valence-electron chi connectivity index (χ0n) is 19.3. The number of ether oxygens (including phenoxy) is 2. The van der Waals surface area contributed by atoms with Gasteiger partial charge < -0.3 is 14.8 Å². The number of rotatable bonds is 13. The first-order valence-electron chi connectivity index (χ1n) is 10.9. The Morgan fingerprint density at radius 1 is 1.00 bits per heavy atom. The molecule has 2 aromatic rings. The van der Waals surface area contributed by atoms with Crippen LogP contribution >= 0.6 is 0 Å². The number of ketones is 1. The van der Waals surface area contributed by atoms with E-state index in [0.29, 0.717) is 23.5 Å². The van der Waals surface area contributed by atoms with Gasteiger partial charge in [-0.05, 0) is 55.3 Å². The number of aryl methyl sites for hydroxylation is 1. The third-order valence-corrected chi connectivity index (χ3v) is 5.94. The Kier molecular flexibility index (Phi) is 10.2. The van der Waals surface area contributed by atoms with Gasteiger partial charge in [-0.25, -0.2) is 13.6 Å². The highest BCUT2D eigenvalue weighted by Gasteiger charge is 2.15. The molecule has 0 aliphatic rings. The van der Waals surface area contributed by atoms with Crippen LogP contribution in [-0.4, -0.2) is 39.3 Å². The van der Waals surface area contributed by atoms with E-state index in [1.165, 1.54) is 18.2 Å². The predicted molar refractivity (Wildman–Crippen MR) is 127 cm³/mol. The number of anilines is 1. The molecule has 0 radical (unpaired) electrons. The fourth-order valence-corrected chi connectivity index (χ4v) is 3.85. The van der Waals surface area contributed by atoms with Gasteiger partial charge in [0.15, 0.2) is 12.4 Å². The van der Waals surface area contributed by atoms with E-state index >= 15 is 0 Å². The number of hydrogen-bond acceptors (Lipinski definition) is 7. The van der Waals surface area contributed by atoms with Crippen LogP contribution in [-0.2, 0) is 24.3 Å². The zero-order chi connectivity index (χ0) is 25.1. The number of nitrogens with two attached hydrogens (primary N) is 1. The molecular weight excluding hydrogens is 460 g/mol. The van der Waals surface area contributed by atoms with Gasteiger partial charge in [0.1, 0.15) is 5.75 Å². The maximum atomic E-state index is 12.3. The zero-order valence-corrected chi connectivity index (χ0v) is 20.2. The quantitative estimate of drug-likeness (QED) is 0.249. The molecule has 2 aromatic carbocycles. The molecule has 3 N–H and O–H groups in total. The molecule has 0 atom stereocenters. The maximum Gasteiger partial charge on any atom is 0.306 e. The summed E-state index contributed by atoms with van der Waals surface area (Å²) in [6.45, 7) is 3.74. The number of carbonyl (C=O) groups is 3. The monoisotopic (exact) mass is 490 g/mol. The molecule has 2 rings (SSSR count). The number of nitrogens with one attached hydrogen (secondary N) is 1. The summed E-state index contributed by atoms with van der Waals surface area (Å²) in [5.41, 5.74) is 1.09. The first-order valence-corrected chi connectivity index (χ1v) is 12.5. The SMILES string of the molecule is CCCCCOc1ccc(C(=O)CCC(=O)OCC(=O)Nc2ccc(C)c(S(N)(=O)=O)c2)cc1. The van der Waals surface area contributed by atoms with Crippen molar-refractivity contribution in [3.05, 3.63) is 53.6 Å². The Balaban J connectivity index is 1.76. The molecule has 0 saturated carbocycles. The van der Waals surface area contributed by atoms with E-state index in [0.717, 1.165) is 19.3 Å². The van der Waals surface area contributed by atoms with Crippen LogP contribution in [0.1, 0.15) is 54.9 Å². The number of unbranched alkanes of at least 4 members (excludes halogenated alkanes) is 2. The van der Waals surface area contributed by atoms with E-state index in [4.69, 9.17) is 14.6 Å². The largest absolute Gasteiger partial charge is 0.494 e. The fraction of sp³-hybridized carbons (Fsp3) is 0.375. The lowest BCUT2D eigenvalue weighted by molar-refractivity contribution is -0.147. The lowest BCUT2D eigenvalue weighted by atomic mass is 10.1. The van der Waals surface area contributed by atoms with Crippen molar-refractivity contribution in [2.24, 2.45) is 5.14 Å². The Morgan fingerprint density at radius 2 is 1.71 bits per heavy atom. The normalized spacial score (nSPS) is 11.0. The average molecular weight is 491 g/mol. The molecular formula is C24H30N2O7S. The molecule has 1 amide bonds. The van der Waals surface area contributed by atoms with Gasteiger partial charge in [-0.2, -0.15) is 0 Å². The topological polar surface area (TPSA) is 142 Å². The van der Waals surface area contributed by atoms with Crippen molar-refractivity contribution in [3.8, 4) is 5.75 Å². The second-order valence-electron chi connectivity index (χ2n) is 7.74. The molecule has 0 heterocycles. The summed E-state index contributed by atoms with van der Waals surface area (Å²) >= 11 is 0. The Bertz CT molecular complexity index is 1110. The molecule has 0 bridgehead atoms. The van der Waals surface area contributed by atoms with Crippen LogP contribution in [0.5, 0.6) is 5.75 Å². The standard InChI is InChI=1S/C24H30N2O7S/c1-3-4-5-14-32-20-10-7-18(8-11-20)21(27)12-13-24(29)33-16-23(28)26-19-9-6-17(2)22(15-19)34(25,30)31/h6-11,15H,3-5,12-14,16H2,1-2H3,(H,26,28)(H2,25,30,31). The number of sulfonamides is 1. The molecule has 0 unspecified atom stereocenters. The molecule has 0 fully saturated rings. The van der Waals surface area contributed by atoms with E-state index in [2.05, 4.69) is 12.2 Å². The Morgan fingerprint density at radius 3 is 2.35 bits per heavy atom. The fourth-order valence-electron chi connectivity index (χ4n) is 3.04. The van der Waals surface area contributed by atoms with E-state index in [9.17, 15) is 22.8 Å². The molecule has 0 aromatic heterocycles. The van der Waals surface area contributed by atoms with Gasteiger partial charge in [-0.15, -0.1) is 0 Å². The van der Waals surface area contributed by atoms with Gasteiger partial charge in [-0.3, -0.25) is 14.4 Å². The molecule has 0 saturated heterocycles. The highest BCUT2D eigenvalue weighted by molar-refractivity contribution is 7.89. The van der Waals surface area contributed by atoms with Crippen molar-refractivity contribution in [2.45, 2.75) is 50.8 Å². The summed E-state index contributed by atoms with van der Waals surface area (Å²) in [5.74, 6) is -0.899. The summed E-state index contributed by atoms with van der Waals surface area (Å²) in [7, 11) is -3.94. The Labute approximate surface area is 199 Å².